The first kappa shape index (κ1) is 21.3. The van der Waals surface area contributed by atoms with E-state index in [1.165, 1.54) is 0 Å². The highest BCUT2D eigenvalue weighted by Gasteiger charge is 2.32. The molecule has 0 saturated carbocycles. The van der Waals surface area contributed by atoms with Crippen LogP contribution in [0.15, 0.2) is 24.3 Å². The Balaban J connectivity index is 1.61. The Morgan fingerprint density at radius 2 is 1.93 bits per heavy atom. The Morgan fingerprint density at radius 3 is 2.67 bits per heavy atom. The maximum Gasteiger partial charge on any atom is 0.264 e. The molecule has 1 aromatic carbocycles. The van der Waals surface area contributed by atoms with E-state index in [9.17, 15) is 9.59 Å². The van der Waals surface area contributed by atoms with Crippen LogP contribution in [0, 0.1) is 5.92 Å². The van der Waals surface area contributed by atoms with Crippen molar-refractivity contribution in [3.63, 3.8) is 0 Å². The molecular weight excluding hydrogens is 398 g/mol. The Labute approximate surface area is 182 Å². The Kier molecular flexibility index (Phi) is 6.41. The molecule has 162 valence electrons. The zero-order valence-corrected chi connectivity index (χ0v) is 18.9. The van der Waals surface area contributed by atoms with Gasteiger partial charge in [-0.1, -0.05) is 18.2 Å². The number of amides is 2. The van der Waals surface area contributed by atoms with Gasteiger partial charge in [-0.3, -0.25) is 9.59 Å². The first-order valence-electron chi connectivity index (χ1n) is 10.8. The first-order valence-corrected chi connectivity index (χ1v) is 11.6. The third kappa shape index (κ3) is 4.38. The second-order valence-electron chi connectivity index (χ2n) is 8.60. The summed E-state index contributed by atoms with van der Waals surface area (Å²) in [5.41, 5.74) is 0.946. The summed E-state index contributed by atoms with van der Waals surface area (Å²) in [5, 5.41) is 1.06. The topological polar surface area (TPSA) is 53.1 Å². The van der Waals surface area contributed by atoms with Crippen LogP contribution in [0.2, 0.25) is 0 Å². The molecule has 1 unspecified atom stereocenters. The number of hydrogen-bond donors (Lipinski definition) is 0. The largest absolute Gasteiger partial charge is 0.370 e. The fourth-order valence-electron chi connectivity index (χ4n) is 4.54. The number of carbonyl (C=O) groups excluding carboxylic acids is 2. The summed E-state index contributed by atoms with van der Waals surface area (Å²) in [7, 11) is 4.07. The second-order valence-corrected chi connectivity index (χ2v) is 9.65. The normalized spacial score (nSPS) is 21.2. The van der Waals surface area contributed by atoms with Gasteiger partial charge in [0, 0.05) is 37.3 Å². The second kappa shape index (κ2) is 9.04. The van der Waals surface area contributed by atoms with Crippen LogP contribution in [-0.2, 0) is 9.53 Å². The molecule has 0 bridgehead atoms. The molecule has 2 fully saturated rings. The predicted octanol–water partition coefficient (Wildman–Crippen LogP) is 3.23. The van der Waals surface area contributed by atoms with Crippen molar-refractivity contribution in [1.29, 1.82) is 0 Å². The maximum atomic E-state index is 13.5. The molecule has 0 spiro atoms. The minimum atomic E-state index is -0.269. The van der Waals surface area contributed by atoms with Crippen molar-refractivity contribution in [3.05, 3.63) is 34.7 Å². The lowest BCUT2D eigenvalue weighted by Crippen LogP contribution is -2.41. The lowest BCUT2D eigenvalue weighted by Gasteiger charge is -2.33. The molecule has 1 aromatic heterocycles. The molecule has 6 nitrogen and oxygen atoms in total. The zero-order chi connectivity index (χ0) is 21.3. The van der Waals surface area contributed by atoms with E-state index < -0.39 is 0 Å². The van der Waals surface area contributed by atoms with Crippen molar-refractivity contribution >= 4 is 33.2 Å². The third-order valence-electron chi connectivity index (χ3n) is 6.38. The van der Waals surface area contributed by atoms with Crippen molar-refractivity contribution in [2.75, 3.05) is 53.4 Å². The number of piperidine rings is 1. The molecule has 0 radical (unpaired) electrons. The number of ether oxygens (including phenoxy) is 1. The Bertz CT molecular complexity index is 920. The Hall–Kier alpha value is -1.96. The van der Waals surface area contributed by atoms with Gasteiger partial charge in [0.25, 0.3) is 5.91 Å². The highest BCUT2D eigenvalue weighted by atomic mass is 32.1. The lowest BCUT2D eigenvalue weighted by molar-refractivity contribution is -0.136. The van der Waals surface area contributed by atoms with Gasteiger partial charge in [0.2, 0.25) is 5.91 Å². The molecule has 2 aliphatic rings. The van der Waals surface area contributed by atoms with Gasteiger partial charge in [-0.15, -0.1) is 11.3 Å². The standard InChI is InChI=1S/C23H31N3O3S/c1-16(27)26-12-13-29-19(15-26)21-18-6-4-5-7-20(18)30-22(21)23(28)25(3)14-17-8-10-24(2)11-9-17/h4-7,17,19H,8-15H2,1-3H3. The average Bonchev–Trinajstić information content (AvgIpc) is 3.14. The van der Waals surface area contributed by atoms with E-state index in [0.29, 0.717) is 25.6 Å². The molecule has 1 atom stereocenters. The van der Waals surface area contributed by atoms with Crippen molar-refractivity contribution < 1.29 is 14.3 Å². The van der Waals surface area contributed by atoms with Crippen molar-refractivity contribution in [2.45, 2.75) is 25.9 Å². The summed E-state index contributed by atoms with van der Waals surface area (Å²) in [6, 6.07) is 8.12. The van der Waals surface area contributed by atoms with Gasteiger partial charge in [-0.05, 0) is 50.3 Å². The molecule has 0 aliphatic carbocycles. The number of benzene rings is 1. The predicted molar refractivity (Wildman–Crippen MR) is 120 cm³/mol. The van der Waals surface area contributed by atoms with Gasteiger partial charge in [-0.2, -0.15) is 0 Å². The minimum absolute atomic E-state index is 0.0510. The first-order chi connectivity index (χ1) is 14.4. The highest BCUT2D eigenvalue weighted by Crippen LogP contribution is 2.39. The molecule has 7 heteroatoms. The highest BCUT2D eigenvalue weighted by molar-refractivity contribution is 7.21. The fourth-order valence-corrected chi connectivity index (χ4v) is 5.79. The molecule has 0 N–H and O–H groups in total. The van der Waals surface area contributed by atoms with E-state index in [1.54, 1.807) is 18.3 Å². The maximum absolute atomic E-state index is 13.5. The van der Waals surface area contributed by atoms with Gasteiger partial charge >= 0.3 is 0 Å². The van der Waals surface area contributed by atoms with E-state index in [1.807, 2.05) is 29.0 Å². The molecule has 2 saturated heterocycles. The molecule has 2 aliphatic heterocycles. The molecular formula is C23H31N3O3S. The van der Waals surface area contributed by atoms with Gasteiger partial charge in [0.1, 0.15) is 6.10 Å². The summed E-state index contributed by atoms with van der Waals surface area (Å²) < 4.78 is 7.17. The van der Waals surface area contributed by atoms with E-state index >= 15 is 0 Å². The van der Waals surface area contributed by atoms with Crippen LogP contribution in [0.5, 0.6) is 0 Å². The van der Waals surface area contributed by atoms with Crippen LogP contribution in [-0.4, -0.2) is 79.9 Å². The Morgan fingerprint density at radius 1 is 1.20 bits per heavy atom. The quantitative estimate of drug-likeness (QED) is 0.749. The molecule has 30 heavy (non-hydrogen) atoms. The molecule has 2 amide bonds. The monoisotopic (exact) mass is 429 g/mol. The molecule has 2 aromatic rings. The number of nitrogens with zero attached hydrogens (tertiary/aromatic N) is 3. The van der Waals surface area contributed by atoms with Gasteiger partial charge in [-0.25, -0.2) is 0 Å². The van der Waals surface area contributed by atoms with Crippen molar-refractivity contribution in [1.82, 2.24) is 14.7 Å². The summed E-state index contributed by atoms with van der Waals surface area (Å²) >= 11 is 1.54. The van der Waals surface area contributed by atoms with Crippen LogP contribution in [0.3, 0.4) is 0 Å². The summed E-state index contributed by atoms with van der Waals surface area (Å²) in [6.45, 7) is 6.16. The van der Waals surface area contributed by atoms with Crippen LogP contribution in [0.4, 0.5) is 0 Å². The summed E-state index contributed by atoms with van der Waals surface area (Å²) in [6.07, 6.45) is 1.99. The number of carbonyl (C=O) groups is 2. The van der Waals surface area contributed by atoms with Crippen molar-refractivity contribution in [3.8, 4) is 0 Å². The van der Waals surface area contributed by atoms with Gasteiger partial charge in [0.15, 0.2) is 0 Å². The smallest absolute Gasteiger partial charge is 0.264 e. The van der Waals surface area contributed by atoms with Gasteiger partial charge in [0.05, 0.1) is 18.0 Å². The summed E-state index contributed by atoms with van der Waals surface area (Å²) in [5.74, 6) is 0.663. The van der Waals surface area contributed by atoms with E-state index in [4.69, 9.17) is 4.74 Å². The van der Waals surface area contributed by atoms with E-state index in [2.05, 4.69) is 24.1 Å². The SMILES string of the molecule is CC(=O)N1CCOC(c2c(C(=O)N(C)CC3CCN(C)CC3)sc3ccccc23)C1. The fraction of sp³-hybridized carbons (Fsp3) is 0.565. The van der Waals surface area contributed by atoms with Crippen LogP contribution in [0.1, 0.15) is 41.1 Å². The van der Waals surface area contributed by atoms with Gasteiger partial charge < -0.3 is 19.4 Å². The van der Waals surface area contributed by atoms with Crippen LogP contribution < -0.4 is 0 Å². The number of likely N-dealkylation sites (tertiary alicyclic amines) is 1. The van der Waals surface area contributed by atoms with Crippen LogP contribution >= 0.6 is 11.3 Å². The number of fused-ring (bicyclic) bond motifs is 1. The molecule has 3 heterocycles. The zero-order valence-electron chi connectivity index (χ0n) is 18.1. The number of hydrogen-bond acceptors (Lipinski definition) is 5. The van der Waals surface area contributed by atoms with Crippen molar-refractivity contribution in [2.24, 2.45) is 5.92 Å². The summed E-state index contributed by atoms with van der Waals surface area (Å²) in [4.78, 5) is 32.3. The third-order valence-corrected chi connectivity index (χ3v) is 7.55. The average molecular weight is 430 g/mol. The minimum Gasteiger partial charge on any atom is -0.370 e. The van der Waals surface area contributed by atoms with Crippen LogP contribution in [0.25, 0.3) is 10.1 Å². The van der Waals surface area contributed by atoms with E-state index in [-0.39, 0.29) is 17.9 Å². The number of rotatable bonds is 4. The van der Waals surface area contributed by atoms with E-state index in [0.717, 1.165) is 53.0 Å². The number of thiophene rings is 1. The lowest BCUT2D eigenvalue weighted by atomic mass is 9.96. The number of morpholine rings is 1. The molecule has 4 rings (SSSR count).